The van der Waals surface area contributed by atoms with Crippen LogP contribution in [0.2, 0.25) is 0 Å². The molecule has 0 bridgehead atoms. The fourth-order valence-corrected chi connectivity index (χ4v) is 2.50. The summed E-state index contributed by atoms with van der Waals surface area (Å²) in [4.78, 5) is 14.2. The predicted molar refractivity (Wildman–Crippen MR) is 79.2 cm³/mol. The second kappa shape index (κ2) is 7.41. The van der Waals surface area contributed by atoms with E-state index in [1.54, 1.807) is 0 Å². The minimum Gasteiger partial charge on any atom is -0.370 e. The highest BCUT2D eigenvalue weighted by atomic mass is 16.5. The molecule has 0 aliphatic carbocycles. The summed E-state index contributed by atoms with van der Waals surface area (Å²) in [5, 5.41) is 0. The molecule has 2 unspecified atom stereocenters. The van der Waals surface area contributed by atoms with Gasteiger partial charge >= 0.3 is 0 Å². The summed E-state index contributed by atoms with van der Waals surface area (Å²) in [6.45, 7) is 3.92. The lowest BCUT2D eigenvalue weighted by Crippen LogP contribution is -2.49. The largest absolute Gasteiger partial charge is 0.370 e. The first kappa shape index (κ1) is 15.0. The minimum atomic E-state index is -0.371. The lowest BCUT2D eigenvalue weighted by Gasteiger charge is -2.34. The molecule has 0 saturated carbocycles. The van der Waals surface area contributed by atoms with Gasteiger partial charge in [0.25, 0.3) is 0 Å². The Balaban J connectivity index is 1.95. The summed E-state index contributed by atoms with van der Waals surface area (Å²) in [5.41, 5.74) is 7.10. The quantitative estimate of drug-likeness (QED) is 0.896. The Morgan fingerprint density at radius 3 is 2.90 bits per heavy atom. The zero-order valence-electron chi connectivity index (χ0n) is 12.1. The van der Waals surface area contributed by atoms with Crippen molar-refractivity contribution in [2.45, 2.75) is 38.3 Å². The standard InChI is InChI=1S/C16H24N2O2/c1-2-3-9-14(17)16(19)18-10-11-20-15(12-18)13-7-5-4-6-8-13/h4-8,14-15H,2-3,9-12,17H2,1H3. The number of rotatable bonds is 5. The third-order valence-corrected chi connectivity index (χ3v) is 3.74. The number of hydrogen-bond donors (Lipinski definition) is 1. The van der Waals surface area contributed by atoms with Gasteiger partial charge in [-0.15, -0.1) is 0 Å². The van der Waals surface area contributed by atoms with Gasteiger partial charge in [0.1, 0.15) is 6.10 Å². The first-order chi connectivity index (χ1) is 9.72. The third-order valence-electron chi connectivity index (χ3n) is 3.74. The van der Waals surface area contributed by atoms with Crippen molar-refractivity contribution >= 4 is 5.91 Å². The van der Waals surface area contributed by atoms with Gasteiger partial charge in [-0.1, -0.05) is 50.1 Å². The SMILES string of the molecule is CCCCC(N)C(=O)N1CCOC(c2ccccc2)C1. The van der Waals surface area contributed by atoms with Crippen molar-refractivity contribution in [1.29, 1.82) is 0 Å². The zero-order valence-corrected chi connectivity index (χ0v) is 12.1. The number of unbranched alkanes of at least 4 members (excludes halogenated alkanes) is 1. The van der Waals surface area contributed by atoms with Crippen LogP contribution in [0, 0.1) is 0 Å². The molecule has 0 radical (unpaired) electrons. The number of hydrogen-bond acceptors (Lipinski definition) is 3. The van der Waals surface area contributed by atoms with Crippen molar-refractivity contribution in [1.82, 2.24) is 4.90 Å². The molecule has 0 spiro atoms. The fraction of sp³-hybridized carbons (Fsp3) is 0.562. The first-order valence-corrected chi connectivity index (χ1v) is 7.43. The summed E-state index contributed by atoms with van der Waals surface area (Å²) in [6, 6.07) is 9.67. The number of nitrogens with two attached hydrogens (primary N) is 1. The summed E-state index contributed by atoms with van der Waals surface area (Å²) < 4.78 is 5.77. The molecule has 1 saturated heterocycles. The van der Waals surface area contributed by atoms with Crippen LogP contribution in [-0.2, 0) is 9.53 Å². The number of carbonyl (C=O) groups excluding carboxylic acids is 1. The van der Waals surface area contributed by atoms with Gasteiger partial charge in [0.2, 0.25) is 5.91 Å². The van der Waals surface area contributed by atoms with Crippen molar-refractivity contribution in [2.75, 3.05) is 19.7 Å². The highest BCUT2D eigenvalue weighted by molar-refractivity contribution is 5.81. The van der Waals surface area contributed by atoms with Crippen LogP contribution < -0.4 is 5.73 Å². The van der Waals surface area contributed by atoms with Gasteiger partial charge in [0, 0.05) is 6.54 Å². The van der Waals surface area contributed by atoms with Crippen molar-refractivity contribution in [2.24, 2.45) is 5.73 Å². The molecular weight excluding hydrogens is 252 g/mol. The molecule has 0 aromatic heterocycles. The molecule has 1 aromatic carbocycles. The number of nitrogens with zero attached hydrogens (tertiary/aromatic N) is 1. The van der Waals surface area contributed by atoms with Crippen LogP contribution in [0.5, 0.6) is 0 Å². The number of benzene rings is 1. The van der Waals surface area contributed by atoms with Gasteiger partial charge in [-0.25, -0.2) is 0 Å². The lowest BCUT2D eigenvalue weighted by molar-refractivity contribution is -0.140. The Hall–Kier alpha value is -1.39. The fourth-order valence-electron chi connectivity index (χ4n) is 2.50. The molecule has 1 aliphatic heterocycles. The van der Waals surface area contributed by atoms with Crippen molar-refractivity contribution in [3.05, 3.63) is 35.9 Å². The molecule has 2 N–H and O–H groups in total. The smallest absolute Gasteiger partial charge is 0.239 e. The third kappa shape index (κ3) is 3.81. The number of amides is 1. The average molecular weight is 276 g/mol. The molecule has 2 atom stereocenters. The van der Waals surface area contributed by atoms with E-state index in [-0.39, 0.29) is 18.1 Å². The van der Waals surface area contributed by atoms with Gasteiger partial charge in [-0.3, -0.25) is 4.79 Å². The normalized spacial score (nSPS) is 20.7. The van der Waals surface area contributed by atoms with E-state index in [0.29, 0.717) is 19.7 Å². The van der Waals surface area contributed by atoms with E-state index in [0.717, 1.165) is 24.8 Å². The maximum Gasteiger partial charge on any atom is 0.239 e. The second-order valence-corrected chi connectivity index (χ2v) is 5.30. The van der Waals surface area contributed by atoms with Gasteiger partial charge in [-0.2, -0.15) is 0 Å². The number of morpholine rings is 1. The van der Waals surface area contributed by atoms with E-state index >= 15 is 0 Å². The van der Waals surface area contributed by atoms with Crippen molar-refractivity contribution in [3.63, 3.8) is 0 Å². The van der Waals surface area contributed by atoms with E-state index in [1.807, 2.05) is 35.2 Å². The van der Waals surface area contributed by atoms with Crippen LogP contribution in [0.1, 0.15) is 37.9 Å². The Bertz CT molecular complexity index is 422. The van der Waals surface area contributed by atoms with E-state index in [4.69, 9.17) is 10.5 Å². The number of ether oxygens (including phenoxy) is 1. The van der Waals surface area contributed by atoms with Crippen LogP contribution in [0.15, 0.2) is 30.3 Å². The van der Waals surface area contributed by atoms with E-state index in [9.17, 15) is 4.79 Å². The van der Waals surface area contributed by atoms with Crippen LogP contribution in [0.25, 0.3) is 0 Å². The highest BCUT2D eigenvalue weighted by Gasteiger charge is 2.27. The molecule has 110 valence electrons. The second-order valence-electron chi connectivity index (χ2n) is 5.30. The maximum atomic E-state index is 12.3. The molecular formula is C16H24N2O2. The molecule has 4 nitrogen and oxygen atoms in total. The van der Waals surface area contributed by atoms with Crippen LogP contribution in [0.3, 0.4) is 0 Å². The molecule has 20 heavy (non-hydrogen) atoms. The van der Waals surface area contributed by atoms with Gasteiger partial charge in [-0.05, 0) is 12.0 Å². The predicted octanol–water partition coefficient (Wildman–Crippen LogP) is 2.10. The lowest BCUT2D eigenvalue weighted by atomic mass is 10.1. The molecule has 1 fully saturated rings. The van der Waals surface area contributed by atoms with Gasteiger partial charge in [0.15, 0.2) is 0 Å². The average Bonchev–Trinajstić information content (AvgIpc) is 2.53. The van der Waals surface area contributed by atoms with Gasteiger partial charge < -0.3 is 15.4 Å². The van der Waals surface area contributed by atoms with E-state index < -0.39 is 0 Å². The van der Waals surface area contributed by atoms with Crippen LogP contribution in [0.4, 0.5) is 0 Å². The summed E-state index contributed by atoms with van der Waals surface area (Å²) >= 11 is 0. The molecule has 1 aromatic rings. The Morgan fingerprint density at radius 2 is 2.20 bits per heavy atom. The van der Waals surface area contributed by atoms with Crippen molar-refractivity contribution in [3.8, 4) is 0 Å². The Kier molecular flexibility index (Phi) is 5.56. The number of carbonyl (C=O) groups is 1. The Labute approximate surface area is 120 Å². The zero-order chi connectivity index (χ0) is 14.4. The summed E-state index contributed by atoms with van der Waals surface area (Å²) in [5.74, 6) is 0.0580. The first-order valence-electron chi connectivity index (χ1n) is 7.43. The summed E-state index contributed by atoms with van der Waals surface area (Å²) in [7, 11) is 0. The van der Waals surface area contributed by atoms with E-state index in [1.165, 1.54) is 0 Å². The van der Waals surface area contributed by atoms with Gasteiger partial charge in [0.05, 0.1) is 19.2 Å². The molecule has 1 aliphatic rings. The molecule has 2 rings (SSSR count). The summed E-state index contributed by atoms with van der Waals surface area (Å²) in [6.07, 6.45) is 2.80. The van der Waals surface area contributed by atoms with Crippen molar-refractivity contribution < 1.29 is 9.53 Å². The Morgan fingerprint density at radius 1 is 1.45 bits per heavy atom. The molecule has 4 heteroatoms. The van der Waals surface area contributed by atoms with E-state index in [2.05, 4.69) is 6.92 Å². The highest BCUT2D eigenvalue weighted by Crippen LogP contribution is 2.22. The van der Waals surface area contributed by atoms with Crippen LogP contribution in [-0.4, -0.2) is 36.5 Å². The minimum absolute atomic E-state index is 0.0349. The molecule has 1 amide bonds. The van der Waals surface area contributed by atoms with Crippen LogP contribution >= 0.6 is 0 Å². The molecule has 1 heterocycles. The topological polar surface area (TPSA) is 55.6 Å². The maximum absolute atomic E-state index is 12.3. The monoisotopic (exact) mass is 276 g/mol.